The number of hydrogen-bond donors (Lipinski definition) is 1. The minimum absolute atomic E-state index is 0.0259. The number of esters is 2. The monoisotopic (exact) mass is 758 g/mol. The van der Waals surface area contributed by atoms with Crippen LogP contribution in [0.2, 0.25) is 0 Å². The first-order valence-electron chi connectivity index (χ1n) is 17.6. The molecule has 18 heteroatoms. The highest BCUT2D eigenvalue weighted by Crippen LogP contribution is 2.25. The Balaban J connectivity index is 1.63. The van der Waals surface area contributed by atoms with Crippen molar-refractivity contribution in [3.63, 3.8) is 0 Å². The summed E-state index contributed by atoms with van der Waals surface area (Å²) in [5.41, 5.74) is 0.573. The molecule has 2 aliphatic heterocycles. The first-order chi connectivity index (χ1) is 25.6. The molecule has 1 aromatic carbocycles. The number of piperazine rings is 1. The molecule has 3 heterocycles. The van der Waals surface area contributed by atoms with Gasteiger partial charge in [0.15, 0.2) is 11.9 Å². The number of unbranched alkanes of at least 4 members (excludes halogenated alkanes) is 1. The van der Waals surface area contributed by atoms with Gasteiger partial charge in [0.1, 0.15) is 17.3 Å². The fraction of sp³-hybridized carbons (Fsp3) is 0.543. The van der Waals surface area contributed by atoms with Crippen LogP contribution in [0.4, 0.5) is 10.6 Å². The fourth-order valence-corrected chi connectivity index (χ4v) is 6.41. The lowest BCUT2D eigenvalue weighted by atomic mass is 10.2. The molecule has 1 unspecified atom stereocenters. The molecule has 2 aromatic rings. The minimum atomic E-state index is -3.07. The molecule has 2 fully saturated rings. The first-order valence-corrected chi connectivity index (χ1v) is 18.9. The standard InChI is InChI=1S/C35H47N6O11P/c1-5-8-20-51-35(46)40-18-16-39(17-19-40)32(43)27(23-53(47)52-29(33(44)49-6-2)34(45)50-7-3)37-31(42)26-21-28(41-15-14-25(22-41)48-4)38-30(36-26)24-12-10-9-11-13-24/h9-13,21,23,25,27,29H,5-8,14-20,22H2,1-4H3,(H,37,42)/t25-,27-/m0/s1. The zero-order valence-corrected chi connectivity index (χ0v) is 31.3. The van der Waals surface area contributed by atoms with Gasteiger partial charge in [0, 0.05) is 58.0 Å². The molecule has 0 spiro atoms. The van der Waals surface area contributed by atoms with E-state index < -0.39 is 50.0 Å². The van der Waals surface area contributed by atoms with E-state index >= 15 is 0 Å². The molecule has 0 saturated carbocycles. The molecule has 2 saturated heterocycles. The summed E-state index contributed by atoms with van der Waals surface area (Å²) < 4.78 is 25.9. The lowest BCUT2D eigenvalue weighted by Crippen LogP contribution is -2.56. The van der Waals surface area contributed by atoms with E-state index in [2.05, 4.69) is 10.3 Å². The van der Waals surface area contributed by atoms with E-state index in [4.69, 9.17) is 28.5 Å². The smallest absolute Gasteiger partial charge is 0.409 e. The van der Waals surface area contributed by atoms with Crippen LogP contribution in [-0.2, 0) is 37.9 Å². The van der Waals surface area contributed by atoms with Crippen LogP contribution in [0.25, 0.3) is 11.4 Å². The molecule has 1 aromatic heterocycles. The van der Waals surface area contributed by atoms with Crippen molar-refractivity contribution in [2.45, 2.75) is 58.3 Å². The van der Waals surface area contributed by atoms with Crippen LogP contribution in [0.3, 0.4) is 0 Å². The highest BCUT2D eigenvalue weighted by Gasteiger charge is 2.37. The number of ether oxygens (including phenoxy) is 4. The number of anilines is 1. The number of rotatable bonds is 16. The van der Waals surface area contributed by atoms with Gasteiger partial charge in [-0.1, -0.05) is 43.7 Å². The van der Waals surface area contributed by atoms with Gasteiger partial charge < -0.3 is 43.9 Å². The number of methoxy groups -OCH3 is 1. The third-order valence-electron chi connectivity index (χ3n) is 8.39. The van der Waals surface area contributed by atoms with Crippen molar-refractivity contribution in [3.8, 4) is 11.4 Å². The van der Waals surface area contributed by atoms with E-state index in [0.717, 1.165) is 25.1 Å². The van der Waals surface area contributed by atoms with E-state index in [-0.39, 0.29) is 63.6 Å². The van der Waals surface area contributed by atoms with Crippen LogP contribution in [-0.4, -0.2) is 140 Å². The van der Waals surface area contributed by atoms with Gasteiger partial charge in [-0.3, -0.25) is 9.59 Å². The molecule has 53 heavy (non-hydrogen) atoms. The highest BCUT2D eigenvalue weighted by molar-refractivity contribution is 7.45. The molecule has 3 atom stereocenters. The zero-order chi connectivity index (χ0) is 38.3. The summed E-state index contributed by atoms with van der Waals surface area (Å²) in [6.45, 7) is 6.74. The maximum atomic E-state index is 14.0. The van der Waals surface area contributed by atoms with E-state index in [0.29, 0.717) is 24.5 Å². The van der Waals surface area contributed by atoms with Crippen molar-refractivity contribution >= 4 is 49.5 Å². The average Bonchev–Trinajstić information content (AvgIpc) is 3.66. The van der Waals surface area contributed by atoms with Crippen molar-refractivity contribution < 1.29 is 52.3 Å². The van der Waals surface area contributed by atoms with Crippen molar-refractivity contribution in [3.05, 3.63) is 42.1 Å². The summed E-state index contributed by atoms with van der Waals surface area (Å²) >= 11 is 0. The second kappa shape index (κ2) is 20.5. The second-order valence-electron chi connectivity index (χ2n) is 12.0. The van der Waals surface area contributed by atoms with Gasteiger partial charge in [-0.15, -0.1) is 0 Å². The molecular formula is C35H47N6O11P. The lowest BCUT2D eigenvalue weighted by molar-refractivity contribution is -0.188. The Kier molecular flexibility index (Phi) is 15.9. The van der Waals surface area contributed by atoms with Crippen molar-refractivity contribution in [1.29, 1.82) is 0 Å². The average molecular weight is 759 g/mol. The molecule has 0 radical (unpaired) electrons. The fourth-order valence-electron chi connectivity index (χ4n) is 5.52. The van der Waals surface area contributed by atoms with Gasteiger partial charge in [0.05, 0.1) is 25.9 Å². The van der Waals surface area contributed by atoms with Gasteiger partial charge in [0.2, 0.25) is 8.00 Å². The molecule has 288 valence electrons. The van der Waals surface area contributed by atoms with Crippen molar-refractivity contribution in [1.82, 2.24) is 25.1 Å². The predicted octanol–water partition coefficient (Wildman–Crippen LogP) is 1.53. The van der Waals surface area contributed by atoms with Crippen LogP contribution >= 0.6 is 8.00 Å². The Morgan fingerprint density at radius 2 is 1.60 bits per heavy atom. The molecule has 4 rings (SSSR count). The van der Waals surface area contributed by atoms with Crippen LogP contribution in [0.1, 0.15) is 50.5 Å². The summed E-state index contributed by atoms with van der Waals surface area (Å²) in [7, 11) is -1.44. The Labute approximate surface area is 309 Å². The molecule has 0 bridgehead atoms. The minimum Gasteiger partial charge on any atom is -0.603 e. The summed E-state index contributed by atoms with van der Waals surface area (Å²) in [4.78, 5) is 93.0. The number of carbonyl (C=O) groups is 5. The maximum absolute atomic E-state index is 14.0. The van der Waals surface area contributed by atoms with Gasteiger partial charge >= 0.3 is 24.1 Å². The largest absolute Gasteiger partial charge is 0.603 e. The molecular weight excluding hydrogens is 711 g/mol. The number of carbonyl (C=O) groups excluding carboxylic acids is 5. The van der Waals surface area contributed by atoms with E-state index in [1.807, 2.05) is 30.0 Å². The zero-order valence-electron chi connectivity index (χ0n) is 30.4. The maximum Gasteiger partial charge on any atom is 0.409 e. The molecule has 0 aliphatic carbocycles. The summed E-state index contributed by atoms with van der Waals surface area (Å²) in [5, 5.41) is 2.61. The molecule has 17 nitrogen and oxygen atoms in total. The van der Waals surface area contributed by atoms with Crippen molar-refractivity contribution in [2.24, 2.45) is 0 Å². The first kappa shape index (κ1) is 41.1. The summed E-state index contributed by atoms with van der Waals surface area (Å²) in [6.07, 6.45) is -0.182. The van der Waals surface area contributed by atoms with Crippen molar-refractivity contribution in [2.75, 3.05) is 71.1 Å². The molecule has 2 aliphatic rings. The van der Waals surface area contributed by atoms with Crippen LogP contribution < -0.4 is 15.1 Å². The third kappa shape index (κ3) is 11.6. The second-order valence-corrected chi connectivity index (χ2v) is 13.1. The molecule has 3 amide bonds. The van der Waals surface area contributed by atoms with E-state index in [1.165, 1.54) is 29.7 Å². The van der Waals surface area contributed by atoms with E-state index in [1.54, 1.807) is 19.2 Å². The third-order valence-corrected chi connectivity index (χ3v) is 9.35. The number of amides is 3. The van der Waals surface area contributed by atoms with Crippen LogP contribution in [0.15, 0.2) is 36.4 Å². The number of aromatic nitrogens is 2. The Morgan fingerprint density at radius 1 is 0.943 bits per heavy atom. The SMILES string of the molecule is CCCCOC(=O)N1CCN(C(=O)[C@H](/C=[P+](\[O-])OC(C(=O)OCC)C(=O)OCC)NC(=O)c2cc(N3CC[C@H](OC)C3)nc(-c3ccccc3)n2)CC1. The number of nitrogens with one attached hydrogen (secondary N) is 1. The Hall–Kier alpha value is -4.70. The Bertz CT molecular complexity index is 1590. The topological polar surface area (TPSA) is 202 Å². The Morgan fingerprint density at radius 3 is 2.21 bits per heavy atom. The predicted molar refractivity (Wildman–Crippen MR) is 192 cm³/mol. The number of hydrogen-bond acceptors (Lipinski definition) is 14. The lowest BCUT2D eigenvalue weighted by Gasteiger charge is -2.35. The van der Waals surface area contributed by atoms with Crippen LogP contribution in [0.5, 0.6) is 0 Å². The molecule has 1 N–H and O–H groups in total. The number of nitrogens with zero attached hydrogens (tertiary/aromatic N) is 5. The number of benzene rings is 1. The van der Waals surface area contributed by atoms with E-state index in [9.17, 15) is 28.9 Å². The normalized spacial score (nSPS) is 16.7. The van der Waals surface area contributed by atoms with Gasteiger partial charge in [-0.25, -0.2) is 24.4 Å². The van der Waals surface area contributed by atoms with Gasteiger partial charge in [0.25, 0.3) is 11.8 Å². The highest BCUT2D eigenvalue weighted by atomic mass is 31.1. The van der Waals surface area contributed by atoms with Crippen LogP contribution in [0, 0.1) is 0 Å². The quantitative estimate of drug-likeness (QED) is 0.0849. The van der Waals surface area contributed by atoms with Gasteiger partial charge in [-0.05, 0) is 26.7 Å². The van der Waals surface area contributed by atoms with Gasteiger partial charge in [-0.2, -0.15) is 4.52 Å². The summed E-state index contributed by atoms with van der Waals surface area (Å²) in [5.74, 6) is -2.09. The summed E-state index contributed by atoms with van der Waals surface area (Å²) in [6, 6.07) is 8.98.